The van der Waals surface area contributed by atoms with Crippen molar-refractivity contribution in [2.24, 2.45) is 0 Å². The van der Waals surface area contributed by atoms with E-state index in [1.807, 2.05) is 69.6 Å². The van der Waals surface area contributed by atoms with Crippen LogP contribution in [0, 0.1) is 29.6 Å². The lowest BCUT2D eigenvalue weighted by Gasteiger charge is -2.14. The van der Waals surface area contributed by atoms with Crippen LogP contribution in [0.5, 0.6) is 0 Å². The number of rotatable bonds is 4. The molecule has 0 radical (unpaired) electrons. The number of hydrogen-bond donors (Lipinski definition) is 0. The van der Waals surface area contributed by atoms with Crippen molar-refractivity contribution < 1.29 is 0 Å². The number of fused-ring (bicyclic) bond motifs is 1. The summed E-state index contributed by atoms with van der Waals surface area (Å²) in [6.45, 7) is 2.69. The zero-order valence-corrected chi connectivity index (χ0v) is 18.3. The van der Waals surface area contributed by atoms with Crippen LogP contribution in [-0.4, -0.2) is 23.6 Å². The topological polar surface area (TPSA) is 72.8 Å². The Balaban J connectivity index is 1.98. The van der Waals surface area contributed by atoms with Crippen LogP contribution in [0.1, 0.15) is 22.3 Å². The number of hydrogen-bond acceptors (Lipinski definition) is 4. The second-order valence-electron chi connectivity index (χ2n) is 8.13. The molecule has 156 valence electrons. The van der Waals surface area contributed by atoms with Gasteiger partial charge in [0.1, 0.15) is 11.6 Å². The van der Waals surface area contributed by atoms with Gasteiger partial charge in [-0.1, -0.05) is 36.4 Å². The number of aromatic nitrogens is 1. The van der Waals surface area contributed by atoms with Gasteiger partial charge in [-0.15, -0.1) is 0 Å². The highest BCUT2D eigenvalue weighted by molar-refractivity contribution is 5.87. The standard InChI is InChI=1S/C27H22N4O/c1-18-7-10-25(13-23(18)15-28)31-26-14-21(8-9-22(26)12-24(16-29)27(31)32)20-6-4-5-19(11-20)17-30(2)3/h4-14H,17H2,1-3H3. The van der Waals surface area contributed by atoms with E-state index in [4.69, 9.17) is 0 Å². The lowest BCUT2D eigenvalue weighted by molar-refractivity contribution is 0.402. The maximum Gasteiger partial charge on any atom is 0.273 e. The molecule has 1 heterocycles. The molecule has 0 atom stereocenters. The number of pyridine rings is 1. The van der Waals surface area contributed by atoms with E-state index in [2.05, 4.69) is 23.1 Å². The maximum absolute atomic E-state index is 13.2. The first-order valence-electron chi connectivity index (χ1n) is 10.3. The molecule has 3 aromatic carbocycles. The van der Waals surface area contributed by atoms with Gasteiger partial charge in [0.25, 0.3) is 5.56 Å². The Labute approximate surface area is 187 Å². The Morgan fingerprint density at radius 1 is 0.875 bits per heavy atom. The van der Waals surface area contributed by atoms with E-state index in [0.717, 1.165) is 28.6 Å². The highest BCUT2D eigenvalue weighted by atomic mass is 16.1. The molecule has 0 unspecified atom stereocenters. The highest BCUT2D eigenvalue weighted by Gasteiger charge is 2.13. The molecule has 4 rings (SSSR count). The molecular formula is C27H22N4O. The maximum atomic E-state index is 13.2. The van der Waals surface area contributed by atoms with E-state index >= 15 is 0 Å². The molecule has 5 heteroatoms. The van der Waals surface area contributed by atoms with Gasteiger partial charge in [0, 0.05) is 11.9 Å². The summed E-state index contributed by atoms with van der Waals surface area (Å²) in [4.78, 5) is 15.3. The lowest BCUT2D eigenvalue weighted by Crippen LogP contribution is -2.21. The molecule has 0 bridgehead atoms. The Bertz CT molecular complexity index is 1480. The molecule has 0 aliphatic carbocycles. The average molecular weight is 419 g/mol. The van der Waals surface area contributed by atoms with E-state index < -0.39 is 5.56 Å². The van der Waals surface area contributed by atoms with Crippen LogP contribution >= 0.6 is 0 Å². The van der Waals surface area contributed by atoms with Crippen LogP contribution < -0.4 is 5.56 Å². The summed E-state index contributed by atoms with van der Waals surface area (Å²) in [7, 11) is 4.07. The predicted molar refractivity (Wildman–Crippen MR) is 127 cm³/mol. The zero-order chi connectivity index (χ0) is 22.8. The van der Waals surface area contributed by atoms with E-state index in [0.29, 0.717) is 16.8 Å². The number of benzene rings is 3. The smallest absolute Gasteiger partial charge is 0.273 e. The minimum atomic E-state index is -0.397. The number of aryl methyl sites for hydroxylation is 1. The molecule has 32 heavy (non-hydrogen) atoms. The van der Waals surface area contributed by atoms with Gasteiger partial charge in [0.15, 0.2) is 0 Å². The molecule has 0 N–H and O–H groups in total. The second-order valence-corrected chi connectivity index (χ2v) is 8.13. The first kappa shape index (κ1) is 21.1. The molecule has 0 saturated carbocycles. The third-order valence-electron chi connectivity index (χ3n) is 5.48. The summed E-state index contributed by atoms with van der Waals surface area (Å²) in [6.07, 6.45) is 0. The fourth-order valence-corrected chi connectivity index (χ4v) is 3.91. The second kappa shape index (κ2) is 8.51. The van der Waals surface area contributed by atoms with Gasteiger partial charge in [-0.3, -0.25) is 9.36 Å². The van der Waals surface area contributed by atoms with E-state index in [1.165, 1.54) is 10.1 Å². The minimum Gasteiger partial charge on any atom is -0.305 e. The Morgan fingerprint density at radius 3 is 2.34 bits per heavy atom. The molecule has 0 aliphatic heterocycles. The summed E-state index contributed by atoms with van der Waals surface area (Å²) in [5.74, 6) is 0. The van der Waals surface area contributed by atoms with Crippen molar-refractivity contribution in [2.75, 3.05) is 14.1 Å². The summed E-state index contributed by atoms with van der Waals surface area (Å²) < 4.78 is 1.53. The molecular weight excluding hydrogens is 396 g/mol. The van der Waals surface area contributed by atoms with Gasteiger partial charge in [0.2, 0.25) is 0 Å². The van der Waals surface area contributed by atoms with Crippen molar-refractivity contribution in [1.29, 1.82) is 10.5 Å². The first-order valence-corrected chi connectivity index (χ1v) is 10.3. The average Bonchev–Trinajstić information content (AvgIpc) is 2.78. The summed E-state index contributed by atoms with van der Waals surface area (Å²) >= 11 is 0. The normalized spacial score (nSPS) is 10.8. The van der Waals surface area contributed by atoms with Crippen molar-refractivity contribution in [1.82, 2.24) is 9.47 Å². The predicted octanol–water partition coefficient (Wildman–Crippen LogP) is 4.77. The van der Waals surface area contributed by atoms with Crippen LogP contribution in [-0.2, 0) is 6.54 Å². The summed E-state index contributed by atoms with van der Waals surface area (Å²) in [5, 5.41) is 19.8. The fourth-order valence-electron chi connectivity index (χ4n) is 3.91. The summed E-state index contributed by atoms with van der Waals surface area (Å²) in [6, 6.07) is 25.4. The van der Waals surface area contributed by atoms with Crippen LogP contribution in [0.25, 0.3) is 27.7 Å². The quantitative estimate of drug-likeness (QED) is 0.478. The van der Waals surface area contributed by atoms with Crippen LogP contribution in [0.4, 0.5) is 0 Å². The third kappa shape index (κ3) is 3.90. The number of nitrogens with zero attached hydrogens (tertiary/aromatic N) is 4. The highest BCUT2D eigenvalue weighted by Crippen LogP contribution is 2.27. The Morgan fingerprint density at radius 2 is 1.62 bits per heavy atom. The molecule has 0 aliphatic rings. The SMILES string of the molecule is Cc1ccc(-n2c(=O)c(C#N)cc3ccc(-c4cccc(CN(C)C)c4)cc32)cc1C#N. The molecule has 5 nitrogen and oxygen atoms in total. The largest absolute Gasteiger partial charge is 0.305 e. The Hall–Kier alpha value is -4.19. The zero-order valence-electron chi connectivity index (χ0n) is 18.3. The van der Waals surface area contributed by atoms with Gasteiger partial charge >= 0.3 is 0 Å². The van der Waals surface area contributed by atoms with Gasteiger partial charge in [-0.2, -0.15) is 10.5 Å². The van der Waals surface area contributed by atoms with Gasteiger partial charge in [-0.25, -0.2) is 0 Å². The lowest BCUT2D eigenvalue weighted by atomic mass is 10.0. The molecule has 4 aromatic rings. The monoisotopic (exact) mass is 418 g/mol. The van der Waals surface area contributed by atoms with Gasteiger partial charge in [0.05, 0.1) is 22.8 Å². The molecule has 0 spiro atoms. The van der Waals surface area contributed by atoms with E-state index in [1.54, 1.807) is 12.1 Å². The summed E-state index contributed by atoms with van der Waals surface area (Å²) in [5.41, 5.74) is 5.49. The molecule has 0 fully saturated rings. The van der Waals surface area contributed by atoms with Crippen LogP contribution in [0.2, 0.25) is 0 Å². The first-order chi connectivity index (χ1) is 15.4. The minimum absolute atomic E-state index is 0.0670. The van der Waals surface area contributed by atoms with E-state index in [-0.39, 0.29) is 5.56 Å². The van der Waals surface area contributed by atoms with Crippen LogP contribution in [0.15, 0.2) is 71.5 Å². The third-order valence-corrected chi connectivity index (χ3v) is 5.48. The van der Waals surface area contributed by atoms with Gasteiger partial charge in [-0.05, 0) is 73.6 Å². The van der Waals surface area contributed by atoms with Crippen molar-refractivity contribution in [2.45, 2.75) is 13.5 Å². The van der Waals surface area contributed by atoms with Crippen molar-refractivity contribution in [3.63, 3.8) is 0 Å². The van der Waals surface area contributed by atoms with Gasteiger partial charge < -0.3 is 4.90 Å². The number of nitriles is 2. The van der Waals surface area contributed by atoms with Crippen molar-refractivity contribution in [3.8, 4) is 29.0 Å². The van der Waals surface area contributed by atoms with E-state index in [9.17, 15) is 15.3 Å². The molecule has 1 aromatic heterocycles. The van der Waals surface area contributed by atoms with Crippen molar-refractivity contribution >= 4 is 10.9 Å². The van der Waals surface area contributed by atoms with Crippen LogP contribution in [0.3, 0.4) is 0 Å². The van der Waals surface area contributed by atoms with Crippen molar-refractivity contribution in [3.05, 3.63) is 99.3 Å². The fraction of sp³-hybridized carbons (Fsp3) is 0.148. The Kier molecular flexibility index (Phi) is 5.60. The molecule has 0 amide bonds. The molecule has 0 saturated heterocycles.